The average molecular weight is 294 g/mol. The normalized spacial score (nSPS) is 23.5. The zero-order valence-corrected chi connectivity index (χ0v) is 12.7. The van der Waals surface area contributed by atoms with E-state index in [4.69, 9.17) is 4.74 Å². The Hall–Kier alpha value is -0.520. The molecule has 0 aromatic heterocycles. The van der Waals surface area contributed by atoms with Crippen LogP contribution in [-0.2, 0) is 0 Å². The van der Waals surface area contributed by atoms with Crippen molar-refractivity contribution < 1.29 is 4.74 Å². The van der Waals surface area contributed by atoms with Gasteiger partial charge in [0.05, 0.1) is 17.7 Å². The molecule has 1 fully saturated rings. The van der Waals surface area contributed by atoms with Gasteiger partial charge in [0.25, 0.3) is 0 Å². The largest absolute Gasteiger partial charge is 0.496 e. The molecule has 0 amide bonds. The molecule has 0 saturated heterocycles. The molecule has 1 aliphatic carbocycles. The summed E-state index contributed by atoms with van der Waals surface area (Å²) in [5.74, 6) is 0.917. The van der Waals surface area contributed by atoms with E-state index in [1.165, 1.54) is 42.7 Å². The summed E-state index contributed by atoms with van der Waals surface area (Å²) in [5, 5.41) is 9.62. The summed E-state index contributed by atoms with van der Waals surface area (Å²) in [6.07, 6.45) is 6.41. The van der Waals surface area contributed by atoms with Crippen molar-refractivity contribution in [3.8, 4) is 5.75 Å². The maximum Gasteiger partial charge on any atom is 0.144 e. The van der Waals surface area contributed by atoms with Gasteiger partial charge < -0.3 is 9.64 Å². The van der Waals surface area contributed by atoms with E-state index in [9.17, 15) is 5.14 Å². The number of hydrogen-bond acceptors (Lipinski definition) is 4. The smallest absolute Gasteiger partial charge is 0.144 e. The Morgan fingerprint density at radius 2 is 2.11 bits per heavy atom. The number of fused-ring (bicyclic) bond motifs is 1. The Kier molecular flexibility index (Phi) is 4.15. The minimum atomic E-state index is 0.0643. The second-order valence-corrected chi connectivity index (χ2v) is 7.08. The molecule has 1 heterocycles. The fourth-order valence-corrected chi connectivity index (χ4v) is 5.07. The van der Waals surface area contributed by atoms with Crippen LogP contribution in [0.5, 0.6) is 5.75 Å². The summed E-state index contributed by atoms with van der Waals surface area (Å²) in [6.45, 7) is 0. The Morgan fingerprint density at radius 1 is 1.32 bits per heavy atom. The molecule has 3 nitrogen and oxygen atoms in total. The van der Waals surface area contributed by atoms with E-state index in [-0.39, 0.29) is 4.71 Å². The summed E-state index contributed by atoms with van der Waals surface area (Å²) < 4.78 is 5.51. The van der Waals surface area contributed by atoms with E-state index in [1.807, 2.05) is 12.1 Å². The topological polar surface area (TPSA) is 34.8 Å². The van der Waals surface area contributed by atoms with Crippen molar-refractivity contribution in [3.63, 3.8) is 0 Å². The summed E-state index contributed by atoms with van der Waals surface area (Å²) >= 11 is 2.65. The van der Waals surface area contributed by atoms with Gasteiger partial charge in [-0.1, -0.05) is 42.2 Å². The van der Waals surface area contributed by atoms with Crippen LogP contribution in [0.25, 0.3) is 0 Å². The highest BCUT2D eigenvalue weighted by Gasteiger charge is 2.37. The molecular formula is C14H18N2OS2. The number of methoxy groups -OCH3 is 1. The van der Waals surface area contributed by atoms with Crippen LogP contribution in [0.2, 0.25) is 0 Å². The van der Waals surface area contributed by atoms with Crippen molar-refractivity contribution in [2.75, 3.05) is 12.0 Å². The Morgan fingerprint density at radius 3 is 2.79 bits per heavy atom. The van der Waals surface area contributed by atoms with Crippen molar-refractivity contribution in [2.24, 2.45) is 0 Å². The molecule has 1 aromatic rings. The summed E-state index contributed by atoms with van der Waals surface area (Å²) in [7, 11) is 1.71. The number of nitrogens with zero attached hydrogens (tertiary/aromatic N) is 2. The first-order chi connectivity index (χ1) is 9.35. The van der Waals surface area contributed by atoms with Crippen LogP contribution in [-0.4, -0.2) is 17.9 Å². The molecule has 0 N–H and O–H groups in total. The predicted molar refractivity (Wildman–Crippen MR) is 81.7 cm³/mol. The van der Waals surface area contributed by atoms with Crippen LogP contribution in [0, 0.1) is 0 Å². The van der Waals surface area contributed by atoms with Crippen molar-refractivity contribution in [3.05, 3.63) is 18.2 Å². The van der Waals surface area contributed by atoms with Gasteiger partial charge in [-0.05, 0) is 36.9 Å². The first-order valence-electron chi connectivity index (χ1n) is 6.77. The quantitative estimate of drug-likeness (QED) is 0.791. The number of anilines is 1. The summed E-state index contributed by atoms with van der Waals surface area (Å²) in [4.78, 5) is 3.56. The van der Waals surface area contributed by atoms with E-state index in [1.54, 1.807) is 18.9 Å². The van der Waals surface area contributed by atoms with Crippen LogP contribution in [0.1, 0.15) is 32.1 Å². The lowest BCUT2D eigenvalue weighted by Crippen LogP contribution is -2.39. The van der Waals surface area contributed by atoms with E-state index in [0.717, 1.165) is 17.7 Å². The zero-order valence-electron chi connectivity index (χ0n) is 11.0. The van der Waals surface area contributed by atoms with Crippen LogP contribution in [0.3, 0.4) is 0 Å². The molecular weight excluding hydrogens is 276 g/mol. The lowest BCUT2D eigenvalue weighted by Gasteiger charge is -2.35. The van der Waals surface area contributed by atoms with Crippen molar-refractivity contribution in [2.45, 2.75) is 47.7 Å². The van der Waals surface area contributed by atoms with Crippen LogP contribution in [0.15, 0.2) is 23.1 Å². The van der Waals surface area contributed by atoms with Gasteiger partial charge in [-0.25, -0.2) is 0 Å². The molecule has 1 aromatic carbocycles. The second-order valence-electron chi connectivity index (χ2n) is 5.04. The molecule has 102 valence electrons. The fourth-order valence-electron chi connectivity index (χ4n) is 3.06. The first kappa shape index (κ1) is 13.5. The molecule has 5 heteroatoms. The van der Waals surface area contributed by atoms with Gasteiger partial charge in [0, 0.05) is 6.04 Å². The second kappa shape index (κ2) is 5.85. The van der Waals surface area contributed by atoms with Crippen molar-refractivity contribution >= 4 is 29.4 Å². The number of thioether (sulfide) groups is 1. The third kappa shape index (κ3) is 2.43. The lowest BCUT2D eigenvalue weighted by atomic mass is 9.94. The molecule has 1 saturated carbocycles. The molecule has 0 spiro atoms. The molecule has 1 atom stereocenters. The van der Waals surface area contributed by atoms with Crippen molar-refractivity contribution in [1.82, 2.24) is 5.14 Å². The number of hydrogen-bond donors (Lipinski definition) is 0. The molecule has 0 bridgehead atoms. The maximum atomic E-state index is 9.62. The van der Waals surface area contributed by atoms with Gasteiger partial charge in [-0.2, -0.15) is 0 Å². The fraction of sp³-hybridized carbons (Fsp3) is 0.571. The Labute approximate surface area is 123 Å². The van der Waals surface area contributed by atoms with Crippen LogP contribution in [0.4, 0.5) is 5.69 Å². The van der Waals surface area contributed by atoms with E-state index in [0.29, 0.717) is 6.04 Å². The van der Waals surface area contributed by atoms with Crippen molar-refractivity contribution in [1.29, 1.82) is 0 Å². The molecule has 2 aliphatic rings. The Bertz CT molecular complexity index is 449. The first-order valence-corrected chi connectivity index (χ1v) is 8.49. The highest BCUT2D eigenvalue weighted by molar-refractivity contribution is 8.16. The van der Waals surface area contributed by atoms with Crippen LogP contribution < -0.4 is 14.8 Å². The predicted octanol–water partition coefficient (Wildman–Crippen LogP) is 3.94. The van der Waals surface area contributed by atoms with E-state index < -0.39 is 0 Å². The highest BCUT2D eigenvalue weighted by Crippen LogP contribution is 2.52. The van der Waals surface area contributed by atoms with Gasteiger partial charge in [0.15, 0.2) is 0 Å². The van der Waals surface area contributed by atoms with Gasteiger partial charge in [0.2, 0.25) is 0 Å². The van der Waals surface area contributed by atoms with Gasteiger partial charge in [-0.3, -0.25) is 0 Å². The van der Waals surface area contributed by atoms with E-state index >= 15 is 0 Å². The average Bonchev–Trinajstić information content (AvgIpc) is 2.86. The SMILES string of the molecule is COc1cccc2c1SC(S[N])N2C1CCCCC1. The minimum absolute atomic E-state index is 0.0643. The maximum absolute atomic E-state index is 9.62. The number of ether oxygens (including phenoxy) is 1. The van der Waals surface area contributed by atoms with E-state index in [2.05, 4.69) is 11.0 Å². The molecule has 1 unspecified atom stereocenters. The molecule has 2 radical (unpaired) electrons. The lowest BCUT2D eigenvalue weighted by molar-refractivity contribution is 0.403. The zero-order chi connectivity index (χ0) is 13.2. The standard InChI is InChI=1S/C14H18N2OS2/c1-17-12-9-5-8-11-13(12)18-14(19-15)16(11)10-6-3-2-4-7-10/h5,8-10,14H,2-4,6-7H2,1H3. The number of rotatable bonds is 3. The highest BCUT2D eigenvalue weighted by atomic mass is 32.2. The summed E-state index contributed by atoms with van der Waals surface area (Å²) in [6, 6.07) is 6.74. The molecule has 3 rings (SSSR count). The minimum Gasteiger partial charge on any atom is -0.496 e. The molecule has 1 aliphatic heterocycles. The van der Waals surface area contributed by atoms with Crippen LogP contribution >= 0.6 is 23.7 Å². The third-order valence-electron chi connectivity index (χ3n) is 3.96. The van der Waals surface area contributed by atoms with Gasteiger partial charge in [0.1, 0.15) is 10.5 Å². The monoisotopic (exact) mass is 294 g/mol. The van der Waals surface area contributed by atoms with Gasteiger partial charge >= 0.3 is 0 Å². The number of benzene rings is 1. The molecule has 19 heavy (non-hydrogen) atoms. The Balaban J connectivity index is 1.94. The summed E-state index contributed by atoms with van der Waals surface area (Å²) in [5.41, 5.74) is 1.22. The van der Waals surface area contributed by atoms with Gasteiger partial charge in [-0.15, -0.1) is 0 Å². The third-order valence-corrected chi connectivity index (χ3v) is 5.99.